The van der Waals surface area contributed by atoms with E-state index in [4.69, 9.17) is 0 Å². The lowest BCUT2D eigenvalue weighted by Crippen LogP contribution is -2.24. The number of amides is 1. The predicted molar refractivity (Wildman–Crippen MR) is 38.2 cm³/mol. The number of ether oxygens (including phenoxy) is 1. The van der Waals surface area contributed by atoms with Gasteiger partial charge >= 0.3 is 12.5 Å². The Bertz CT molecular complexity index is 314. The fourth-order valence-electron chi connectivity index (χ4n) is 0.600. The van der Waals surface area contributed by atoms with Crippen molar-refractivity contribution in [2.24, 2.45) is 0 Å². The molecule has 0 unspecified atom stereocenters. The molecule has 14 heavy (non-hydrogen) atoms. The van der Waals surface area contributed by atoms with Crippen molar-refractivity contribution in [1.82, 2.24) is 9.97 Å². The van der Waals surface area contributed by atoms with Crippen LogP contribution in [0.3, 0.4) is 0 Å². The van der Waals surface area contributed by atoms with Crippen LogP contribution in [0.5, 0.6) is 0 Å². The normalized spacial score (nSPS) is 10.8. The highest BCUT2D eigenvalue weighted by Gasteiger charge is 2.34. The zero-order valence-electron chi connectivity index (χ0n) is 6.58. The first kappa shape index (κ1) is 10.2. The van der Waals surface area contributed by atoms with Crippen LogP contribution >= 0.6 is 0 Å². The average Bonchev–Trinajstić information content (AvgIpc) is 2.02. The maximum Gasteiger partial charge on any atom is 0.576 e. The lowest BCUT2D eigenvalue weighted by atomic mass is 10.6. The summed E-state index contributed by atoms with van der Waals surface area (Å²) in [6.45, 7) is 0. The maximum atomic E-state index is 11.5. The summed E-state index contributed by atoms with van der Waals surface area (Å²) >= 11 is 0. The van der Waals surface area contributed by atoms with Gasteiger partial charge in [-0.2, -0.15) is 0 Å². The predicted octanol–water partition coefficient (Wildman–Crippen LogP) is 1.54. The van der Waals surface area contributed by atoms with E-state index in [9.17, 15) is 18.0 Å². The Balaban J connectivity index is 2.50. The third-order valence-corrected chi connectivity index (χ3v) is 1.02. The molecule has 1 N–H and O–H groups in total. The Kier molecular flexibility index (Phi) is 2.85. The van der Waals surface area contributed by atoms with Gasteiger partial charge in [0.05, 0.1) is 0 Å². The van der Waals surface area contributed by atoms with Gasteiger partial charge in [-0.05, 0) is 6.07 Å². The number of rotatable bonds is 1. The molecule has 0 aliphatic heterocycles. The molecule has 1 rings (SSSR count). The summed E-state index contributed by atoms with van der Waals surface area (Å²) in [4.78, 5) is 17.5. The molecule has 1 heterocycles. The van der Waals surface area contributed by atoms with E-state index in [0.717, 1.165) is 6.33 Å². The minimum Gasteiger partial charge on any atom is -0.356 e. The van der Waals surface area contributed by atoms with E-state index in [-0.39, 0.29) is 5.82 Å². The van der Waals surface area contributed by atoms with Crippen LogP contribution in [0.15, 0.2) is 18.6 Å². The third kappa shape index (κ3) is 3.70. The number of hydrogen-bond acceptors (Lipinski definition) is 4. The first-order valence-electron chi connectivity index (χ1n) is 3.30. The highest BCUT2D eigenvalue weighted by molar-refractivity contribution is 5.83. The molecule has 0 saturated heterocycles. The van der Waals surface area contributed by atoms with Crippen molar-refractivity contribution >= 4 is 11.9 Å². The lowest BCUT2D eigenvalue weighted by molar-refractivity contribution is -0.289. The van der Waals surface area contributed by atoms with Crippen molar-refractivity contribution in [3.63, 3.8) is 0 Å². The van der Waals surface area contributed by atoms with Crippen molar-refractivity contribution in [2.75, 3.05) is 5.32 Å². The van der Waals surface area contributed by atoms with Crippen molar-refractivity contribution in [1.29, 1.82) is 0 Å². The van der Waals surface area contributed by atoms with E-state index in [1.165, 1.54) is 12.3 Å². The summed E-state index contributed by atoms with van der Waals surface area (Å²) in [6.07, 6.45) is -4.31. The fraction of sp³-hybridized carbons (Fsp3) is 0.167. The highest BCUT2D eigenvalue weighted by Crippen LogP contribution is 2.16. The molecule has 0 aliphatic rings. The molecule has 0 bridgehead atoms. The second kappa shape index (κ2) is 3.90. The summed E-state index contributed by atoms with van der Waals surface area (Å²) in [6, 6.07) is 1.22. The number of carbonyl (C=O) groups is 1. The standard InChI is InChI=1S/C6H4F3N3O2/c7-6(8,9)14-5(13)12-4-1-2-10-3-11-4/h1-3H,(H,10,11,12,13). The van der Waals surface area contributed by atoms with E-state index >= 15 is 0 Å². The number of halogens is 3. The summed E-state index contributed by atoms with van der Waals surface area (Å²) in [5.74, 6) is -0.0748. The van der Waals surface area contributed by atoms with E-state index in [1.807, 2.05) is 0 Å². The summed E-state index contributed by atoms with van der Waals surface area (Å²) in [7, 11) is 0. The minimum absolute atomic E-state index is 0.0748. The molecule has 0 spiro atoms. The SMILES string of the molecule is O=C(Nc1ccncn1)OC(F)(F)F. The molecule has 0 aromatic carbocycles. The van der Waals surface area contributed by atoms with E-state index < -0.39 is 12.5 Å². The first-order valence-corrected chi connectivity index (χ1v) is 3.30. The summed E-state index contributed by atoms with van der Waals surface area (Å²) in [5.41, 5.74) is 0. The smallest absolute Gasteiger partial charge is 0.356 e. The Labute approximate surface area is 75.9 Å². The Morgan fingerprint density at radius 2 is 2.21 bits per heavy atom. The van der Waals surface area contributed by atoms with Gasteiger partial charge in [-0.25, -0.2) is 14.8 Å². The van der Waals surface area contributed by atoms with Crippen LogP contribution in [-0.2, 0) is 4.74 Å². The Morgan fingerprint density at radius 1 is 1.50 bits per heavy atom. The van der Waals surface area contributed by atoms with Crippen molar-refractivity contribution < 1.29 is 22.7 Å². The van der Waals surface area contributed by atoms with E-state index in [1.54, 1.807) is 5.32 Å². The highest BCUT2D eigenvalue weighted by atomic mass is 19.4. The molecule has 0 radical (unpaired) electrons. The van der Waals surface area contributed by atoms with Crippen LogP contribution in [0.4, 0.5) is 23.8 Å². The fourth-order valence-corrected chi connectivity index (χ4v) is 0.600. The molecule has 0 fully saturated rings. The van der Waals surface area contributed by atoms with Crippen molar-refractivity contribution in [2.45, 2.75) is 6.36 Å². The van der Waals surface area contributed by atoms with Crippen LogP contribution in [0.1, 0.15) is 0 Å². The number of nitrogens with zero attached hydrogens (tertiary/aromatic N) is 2. The van der Waals surface area contributed by atoms with E-state index in [2.05, 4.69) is 14.7 Å². The molecular formula is C6H4F3N3O2. The summed E-state index contributed by atoms with van der Waals surface area (Å²) in [5, 5.41) is 1.77. The van der Waals surface area contributed by atoms with Gasteiger partial charge in [0.15, 0.2) is 0 Å². The second-order valence-electron chi connectivity index (χ2n) is 2.05. The van der Waals surface area contributed by atoms with Crippen LogP contribution in [0.2, 0.25) is 0 Å². The first-order chi connectivity index (χ1) is 6.47. The number of hydrogen-bond donors (Lipinski definition) is 1. The van der Waals surface area contributed by atoms with Gasteiger partial charge in [-0.15, -0.1) is 13.2 Å². The quantitative estimate of drug-likeness (QED) is 0.758. The minimum atomic E-state index is -5.00. The number of aromatic nitrogens is 2. The average molecular weight is 207 g/mol. The van der Waals surface area contributed by atoms with Gasteiger partial charge in [0.25, 0.3) is 0 Å². The van der Waals surface area contributed by atoms with E-state index in [0.29, 0.717) is 0 Å². The third-order valence-electron chi connectivity index (χ3n) is 1.02. The largest absolute Gasteiger partial charge is 0.576 e. The molecule has 1 amide bonds. The van der Waals surface area contributed by atoms with Gasteiger partial charge in [0.1, 0.15) is 12.1 Å². The maximum absolute atomic E-state index is 11.5. The van der Waals surface area contributed by atoms with Gasteiger partial charge in [-0.1, -0.05) is 0 Å². The van der Waals surface area contributed by atoms with Gasteiger partial charge < -0.3 is 4.74 Å². The van der Waals surface area contributed by atoms with Gasteiger partial charge in [-0.3, -0.25) is 5.32 Å². The van der Waals surface area contributed by atoms with Crippen LogP contribution in [0.25, 0.3) is 0 Å². The lowest BCUT2D eigenvalue weighted by Gasteiger charge is -2.07. The number of alkyl halides is 3. The Hall–Kier alpha value is -1.86. The molecule has 8 heteroatoms. The molecule has 0 aliphatic carbocycles. The molecule has 76 valence electrons. The summed E-state index contributed by atoms with van der Waals surface area (Å²) < 4.78 is 37.5. The molecule has 1 aromatic rings. The number of carbonyl (C=O) groups excluding carboxylic acids is 1. The van der Waals surface area contributed by atoms with Crippen molar-refractivity contribution in [3.05, 3.63) is 18.6 Å². The Morgan fingerprint density at radius 3 is 2.71 bits per heavy atom. The topological polar surface area (TPSA) is 64.1 Å². The number of anilines is 1. The van der Waals surface area contributed by atoms with Crippen LogP contribution < -0.4 is 5.32 Å². The molecule has 5 nitrogen and oxygen atoms in total. The van der Waals surface area contributed by atoms with Crippen molar-refractivity contribution in [3.8, 4) is 0 Å². The molecule has 1 aromatic heterocycles. The monoisotopic (exact) mass is 207 g/mol. The molecule has 0 saturated carbocycles. The van der Waals surface area contributed by atoms with Crippen LogP contribution in [0, 0.1) is 0 Å². The zero-order valence-corrected chi connectivity index (χ0v) is 6.58. The van der Waals surface area contributed by atoms with Gasteiger partial charge in [0.2, 0.25) is 0 Å². The van der Waals surface area contributed by atoms with Gasteiger partial charge in [0, 0.05) is 6.20 Å². The second-order valence-corrected chi connectivity index (χ2v) is 2.05. The molecule has 0 atom stereocenters. The molecular weight excluding hydrogens is 203 g/mol. The zero-order chi connectivity index (χ0) is 10.6. The number of nitrogens with one attached hydrogen (secondary N) is 1. The van der Waals surface area contributed by atoms with Crippen LogP contribution in [-0.4, -0.2) is 22.4 Å².